The minimum absolute atomic E-state index is 0.132. The van der Waals surface area contributed by atoms with E-state index in [9.17, 15) is 17.6 Å². The summed E-state index contributed by atoms with van der Waals surface area (Å²) in [5.41, 5.74) is 13.3. The number of methoxy groups -OCH3 is 1. The van der Waals surface area contributed by atoms with Crippen molar-refractivity contribution in [1.29, 1.82) is 5.26 Å². The number of ether oxygens (including phenoxy) is 1. The molecule has 0 amide bonds. The van der Waals surface area contributed by atoms with Crippen molar-refractivity contribution >= 4 is 28.2 Å². The molecule has 0 spiro atoms. The molecule has 12 nitrogen and oxygen atoms in total. The fourth-order valence-corrected chi connectivity index (χ4v) is 7.01. The summed E-state index contributed by atoms with van der Waals surface area (Å²) in [5, 5.41) is 27.7. The molecule has 0 fully saturated rings. The van der Waals surface area contributed by atoms with Crippen molar-refractivity contribution in [1.82, 2.24) is 24.9 Å². The molecule has 0 bridgehead atoms. The second-order valence-electron chi connectivity index (χ2n) is 20.4. The first-order valence-corrected chi connectivity index (χ1v) is 29.5. The van der Waals surface area contributed by atoms with Crippen molar-refractivity contribution in [2.75, 3.05) is 7.11 Å². The average molecular weight is 1290 g/mol. The fraction of sp³-hybridized carbons (Fsp3) is 0.156. The molecule has 7 aromatic heterocycles. The summed E-state index contributed by atoms with van der Waals surface area (Å²) in [6.45, 7) is 27.5. The molecule has 0 aliphatic heterocycles. The zero-order valence-electron chi connectivity index (χ0n) is 55.0. The molecule has 484 valence electrons. The van der Waals surface area contributed by atoms with Crippen LogP contribution in [0.2, 0.25) is 5.15 Å². The number of benzene rings is 5. The molecule has 17 heteroatoms. The Morgan fingerprint density at radius 3 is 1.53 bits per heavy atom. The first-order valence-electron chi connectivity index (χ1n) is 29.1. The maximum atomic E-state index is 12.3. The fourth-order valence-electron chi connectivity index (χ4n) is 6.89. The molecule has 0 atom stereocenters. The molecule has 7 heterocycles. The zero-order chi connectivity index (χ0) is 69.6. The van der Waals surface area contributed by atoms with Crippen LogP contribution in [0.25, 0.3) is 15.7 Å². The SMILES string of the molecule is COc1ccncc1C.Cc1ccc(Cl)nc1.Cc1ccc(F)nc1.Cc1ccc[n+](O)c1.Cc1cccc(C#N)c1.Cc1cccc(F)c1.Cc1cccc[n+]1O.Cc1ccccc1F.Cc1cccnc1F.Cc1cnc2ccccc2c1.[C-]#[N+]c1ccccc1C. The number of aryl methyl sites for hydroxylation is 11. The van der Waals surface area contributed by atoms with Crippen molar-refractivity contribution in [3.63, 3.8) is 0 Å². The number of para-hydroxylation sites is 2. The van der Waals surface area contributed by atoms with Gasteiger partial charge in [-0.1, -0.05) is 115 Å². The van der Waals surface area contributed by atoms with Crippen molar-refractivity contribution in [3.05, 3.63) is 363 Å². The Bertz CT molecular complexity index is 3850. The molecule has 0 aliphatic rings. The van der Waals surface area contributed by atoms with Gasteiger partial charge in [-0.2, -0.15) is 14.0 Å². The van der Waals surface area contributed by atoms with Crippen LogP contribution in [-0.4, -0.2) is 42.4 Å². The summed E-state index contributed by atoms with van der Waals surface area (Å²) in [5.74, 6) is -0.203. The minimum Gasteiger partial charge on any atom is -0.496 e. The predicted molar refractivity (Wildman–Crippen MR) is 367 cm³/mol. The first-order chi connectivity index (χ1) is 44.9. The lowest BCUT2D eigenvalue weighted by atomic mass is 10.2. The summed E-state index contributed by atoms with van der Waals surface area (Å²) in [7, 11) is 1.66. The number of halogens is 5. The number of fused-ring (bicyclic) bond motifs is 1. The number of nitriles is 1. The molecule has 12 rings (SSSR count). The van der Waals surface area contributed by atoms with Crippen molar-refractivity contribution in [2.45, 2.75) is 76.2 Å². The standard InChI is InChI=1S/C10H9N.2C8H7N.2C7H7F.C7H9NO.C6H6ClN.2C6H6FN.2C6H8NO/c1-8-6-9-4-2-3-5-10(9)11-7-8;1-7-5-3-4-6-8(7)9-2;1-7-3-2-4-8(5-7)6-9;1-6-3-2-4-7(8)5-6;1-6-4-2-3-5-7(6)8;1-6-5-8-4-3-7(6)9-2;2*1-5-2-3-6(7)8-4-5;1-5-3-2-4-8-6(5)7;1-6-3-2-4-7(8)5-6;1-6-4-2-3-5-7(6)8/h2-7H,1H3;3-6H,1H3;2-5H,1H3;2*2-5H,1H3;3-5H,1-2H3;3*2-4H,1H3;2*2-5,8H,1H3/q;;;;;;;;;2*+1. The number of pyridine rings is 7. The van der Waals surface area contributed by atoms with E-state index in [-0.39, 0.29) is 17.6 Å². The monoisotopic (exact) mass is 1290 g/mol. The first kappa shape index (κ1) is 78.9. The van der Waals surface area contributed by atoms with Gasteiger partial charge in [0.1, 0.15) is 22.5 Å². The third-order valence-corrected chi connectivity index (χ3v) is 12.2. The predicted octanol–water partition coefficient (Wildman–Crippen LogP) is 18.8. The van der Waals surface area contributed by atoms with Crippen LogP contribution in [0.1, 0.15) is 66.9 Å². The summed E-state index contributed by atoms with van der Waals surface area (Å²) in [6.07, 6.45) is 14.9. The Balaban J connectivity index is 0.000000353. The van der Waals surface area contributed by atoms with E-state index >= 15 is 0 Å². The van der Waals surface area contributed by atoms with Crippen LogP contribution in [0.5, 0.6) is 5.75 Å². The molecule has 12 aromatic rings. The van der Waals surface area contributed by atoms with Crippen LogP contribution in [0.15, 0.2) is 256 Å². The third-order valence-electron chi connectivity index (χ3n) is 12.0. The van der Waals surface area contributed by atoms with E-state index in [2.05, 4.69) is 54.9 Å². The van der Waals surface area contributed by atoms with Gasteiger partial charge in [0, 0.05) is 93.8 Å². The van der Waals surface area contributed by atoms with E-state index in [1.807, 2.05) is 165 Å². The average Bonchev–Trinajstić information content (AvgIpc) is 1.19. The molecule has 2 N–H and O–H groups in total. The van der Waals surface area contributed by atoms with Gasteiger partial charge in [0.25, 0.3) is 0 Å². The topological polar surface area (TPSA) is 150 Å². The molecular weight excluding hydrogens is 1210 g/mol. The highest BCUT2D eigenvalue weighted by Crippen LogP contribution is 2.16. The molecule has 94 heavy (non-hydrogen) atoms. The number of hydrogen-bond acceptors (Lipinski definition) is 9. The van der Waals surface area contributed by atoms with Gasteiger partial charge in [-0.25, -0.2) is 28.6 Å². The van der Waals surface area contributed by atoms with Gasteiger partial charge in [-0.15, -0.1) is 0 Å². The Morgan fingerprint density at radius 2 is 1.11 bits per heavy atom. The van der Waals surface area contributed by atoms with Crippen molar-refractivity contribution in [2.24, 2.45) is 0 Å². The molecule has 0 radical (unpaired) electrons. The van der Waals surface area contributed by atoms with Gasteiger partial charge >= 0.3 is 0 Å². The molecule has 0 saturated heterocycles. The van der Waals surface area contributed by atoms with Crippen molar-refractivity contribution in [3.8, 4) is 11.8 Å². The third kappa shape index (κ3) is 35.9. The molecule has 0 saturated carbocycles. The van der Waals surface area contributed by atoms with Gasteiger partial charge in [0.2, 0.25) is 36.2 Å². The van der Waals surface area contributed by atoms with Crippen LogP contribution in [-0.2, 0) is 0 Å². The van der Waals surface area contributed by atoms with E-state index in [1.54, 1.807) is 119 Å². The highest BCUT2D eigenvalue weighted by molar-refractivity contribution is 6.29. The van der Waals surface area contributed by atoms with Crippen molar-refractivity contribution < 1.29 is 42.2 Å². The lowest BCUT2D eigenvalue weighted by molar-refractivity contribution is -0.908. The van der Waals surface area contributed by atoms with Crippen LogP contribution in [0, 0.1) is 118 Å². The van der Waals surface area contributed by atoms with E-state index < -0.39 is 5.95 Å². The van der Waals surface area contributed by atoms with E-state index in [1.165, 1.54) is 47.6 Å². The Kier molecular flexibility index (Phi) is 38.6. The van der Waals surface area contributed by atoms with Gasteiger partial charge in [-0.05, 0) is 187 Å². The molecular formula is C77H80ClF4N9O3+2. The second kappa shape index (κ2) is 46.0. The Hall–Kier alpha value is -11.2. The lowest BCUT2D eigenvalue weighted by Gasteiger charge is -2.00. The van der Waals surface area contributed by atoms with Gasteiger partial charge in [0.05, 0.1) is 30.8 Å². The zero-order valence-corrected chi connectivity index (χ0v) is 55.7. The van der Waals surface area contributed by atoms with Crippen LogP contribution in [0.3, 0.4) is 0 Å². The highest BCUT2D eigenvalue weighted by Gasteiger charge is 1.98. The normalized spacial score (nSPS) is 9.18. The number of aromatic nitrogens is 7. The largest absolute Gasteiger partial charge is 0.496 e. The van der Waals surface area contributed by atoms with Crippen LogP contribution < -0.4 is 14.2 Å². The summed E-state index contributed by atoms with van der Waals surface area (Å²) in [6, 6.07) is 61.8. The number of nitrogens with zero attached hydrogens (tertiary/aromatic N) is 9. The van der Waals surface area contributed by atoms with E-state index in [4.69, 9.17) is 38.6 Å². The smallest absolute Gasteiger partial charge is 0.231 e. The van der Waals surface area contributed by atoms with Crippen LogP contribution in [0.4, 0.5) is 23.2 Å². The lowest BCUT2D eigenvalue weighted by Crippen LogP contribution is -2.32. The number of hydrogen-bond donors (Lipinski definition) is 2. The summed E-state index contributed by atoms with van der Waals surface area (Å²) < 4.78 is 55.8. The second-order valence-corrected chi connectivity index (χ2v) is 20.7. The maximum Gasteiger partial charge on any atom is 0.231 e. The summed E-state index contributed by atoms with van der Waals surface area (Å²) >= 11 is 5.50. The van der Waals surface area contributed by atoms with Gasteiger partial charge in [0.15, 0.2) is 5.69 Å². The number of rotatable bonds is 1. The van der Waals surface area contributed by atoms with Crippen LogP contribution >= 0.6 is 11.6 Å². The van der Waals surface area contributed by atoms with Gasteiger partial charge < -0.3 is 4.74 Å². The quantitative estimate of drug-likeness (QED) is 0.0538. The Labute approximate surface area is 555 Å². The molecule has 0 unspecified atom stereocenters. The summed E-state index contributed by atoms with van der Waals surface area (Å²) in [4.78, 5) is 22.2. The highest BCUT2D eigenvalue weighted by atomic mass is 35.5. The van der Waals surface area contributed by atoms with E-state index in [0.29, 0.717) is 16.3 Å². The molecule has 0 aliphatic carbocycles. The van der Waals surface area contributed by atoms with Gasteiger partial charge in [-0.3, -0.25) is 20.4 Å². The minimum atomic E-state index is -0.421. The van der Waals surface area contributed by atoms with E-state index in [0.717, 1.165) is 76.6 Å². The Morgan fingerprint density at radius 1 is 0.500 bits per heavy atom. The molecule has 5 aromatic carbocycles. The maximum absolute atomic E-state index is 12.3.